The van der Waals surface area contributed by atoms with Gasteiger partial charge in [0, 0.05) is 29.2 Å². The SMILES string of the molecule is CCN(CC)c1cc(Nc2c3ccc(Cl)cc3nc3nc(N)nc(N)c23)ccc1O. The van der Waals surface area contributed by atoms with Gasteiger partial charge in [0.1, 0.15) is 11.6 Å². The van der Waals surface area contributed by atoms with Crippen molar-refractivity contribution in [3.8, 4) is 5.75 Å². The Bertz CT molecular complexity index is 1260. The van der Waals surface area contributed by atoms with Gasteiger partial charge in [-0.25, -0.2) is 4.98 Å². The summed E-state index contributed by atoms with van der Waals surface area (Å²) < 4.78 is 0. The number of hydrogen-bond donors (Lipinski definition) is 4. The Morgan fingerprint density at radius 3 is 2.53 bits per heavy atom. The maximum Gasteiger partial charge on any atom is 0.224 e. The lowest BCUT2D eigenvalue weighted by molar-refractivity contribution is 0.474. The van der Waals surface area contributed by atoms with E-state index in [1.807, 2.05) is 26.0 Å². The highest BCUT2D eigenvalue weighted by atomic mass is 35.5. The molecule has 0 aliphatic rings. The fourth-order valence-corrected chi connectivity index (χ4v) is 3.72. The van der Waals surface area contributed by atoms with E-state index in [0.717, 1.165) is 29.9 Å². The maximum absolute atomic E-state index is 10.3. The summed E-state index contributed by atoms with van der Waals surface area (Å²) in [5.41, 5.74) is 15.2. The topological polar surface area (TPSA) is 126 Å². The number of anilines is 5. The summed E-state index contributed by atoms with van der Waals surface area (Å²) in [5.74, 6) is 0.497. The van der Waals surface area contributed by atoms with Crippen LogP contribution in [0.3, 0.4) is 0 Å². The number of nitrogens with one attached hydrogen (secondary N) is 1. The molecule has 0 fully saturated rings. The highest BCUT2D eigenvalue weighted by Crippen LogP contribution is 2.38. The summed E-state index contributed by atoms with van der Waals surface area (Å²) in [6.45, 7) is 5.62. The first-order chi connectivity index (χ1) is 14.4. The van der Waals surface area contributed by atoms with Crippen molar-refractivity contribution >= 4 is 62.4 Å². The zero-order valence-electron chi connectivity index (χ0n) is 16.6. The second-order valence-electron chi connectivity index (χ2n) is 6.81. The van der Waals surface area contributed by atoms with Crippen LogP contribution in [0, 0.1) is 0 Å². The molecule has 0 bridgehead atoms. The van der Waals surface area contributed by atoms with Crippen LogP contribution in [0.1, 0.15) is 13.8 Å². The molecule has 8 nitrogen and oxygen atoms in total. The van der Waals surface area contributed by atoms with Crippen molar-refractivity contribution in [2.75, 3.05) is 34.8 Å². The second kappa shape index (κ2) is 7.72. The minimum absolute atomic E-state index is 0.0493. The van der Waals surface area contributed by atoms with Crippen LogP contribution >= 0.6 is 11.6 Å². The van der Waals surface area contributed by atoms with Crippen molar-refractivity contribution in [2.24, 2.45) is 0 Å². The molecule has 2 aromatic heterocycles. The number of nitrogens with zero attached hydrogens (tertiary/aromatic N) is 4. The van der Waals surface area contributed by atoms with Gasteiger partial charge in [-0.3, -0.25) is 0 Å². The molecule has 0 spiro atoms. The smallest absolute Gasteiger partial charge is 0.224 e. The fraction of sp³-hybridized carbons (Fsp3) is 0.190. The van der Waals surface area contributed by atoms with Gasteiger partial charge in [-0.2, -0.15) is 9.97 Å². The van der Waals surface area contributed by atoms with E-state index in [4.69, 9.17) is 23.1 Å². The van der Waals surface area contributed by atoms with Crippen molar-refractivity contribution in [1.82, 2.24) is 15.0 Å². The summed E-state index contributed by atoms with van der Waals surface area (Å²) in [6, 6.07) is 10.8. The first kappa shape index (κ1) is 19.8. The van der Waals surface area contributed by atoms with Gasteiger partial charge < -0.3 is 26.8 Å². The first-order valence-corrected chi connectivity index (χ1v) is 9.96. The molecule has 9 heteroatoms. The molecule has 2 aromatic carbocycles. The number of phenols is 1. The number of aromatic hydroxyl groups is 1. The Labute approximate surface area is 178 Å². The monoisotopic (exact) mass is 423 g/mol. The van der Waals surface area contributed by atoms with Crippen molar-refractivity contribution < 1.29 is 5.11 Å². The van der Waals surface area contributed by atoms with Gasteiger partial charge in [-0.05, 0) is 50.2 Å². The third-order valence-electron chi connectivity index (χ3n) is 4.99. The van der Waals surface area contributed by atoms with Crippen LogP contribution in [0.2, 0.25) is 5.02 Å². The molecule has 2 heterocycles. The molecule has 30 heavy (non-hydrogen) atoms. The van der Waals surface area contributed by atoms with Gasteiger partial charge >= 0.3 is 0 Å². The van der Waals surface area contributed by atoms with Crippen LogP contribution < -0.4 is 21.7 Å². The lowest BCUT2D eigenvalue weighted by Gasteiger charge is -2.23. The molecule has 0 saturated carbocycles. The van der Waals surface area contributed by atoms with Crippen LogP contribution in [0.4, 0.5) is 28.8 Å². The number of phenolic OH excluding ortho intramolecular Hbond substituents is 1. The number of aromatic nitrogens is 3. The van der Waals surface area contributed by atoms with E-state index in [2.05, 4.69) is 25.2 Å². The van der Waals surface area contributed by atoms with Crippen LogP contribution in [0.25, 0.3) is 21.9 Å². The zero-order valence-corrected chi connectivity index (χ0v) is 17.4. The van der Waals surface area contributed by atoms with E-state index in [1.54, 1.807) is 24.3 Å². The standard InChI is InChI=1S/C21H22ClN7O/c1-3-29(4-2)15-10-12(6-8-16(15)30)25-18-13-7-5-11(22)9-14(13)26-20-17(18)19(23)27-21(24)28-20/h5-10,30H,3-4H2,1-2H3,(H5,23,24,25,26,27,28). The van der Waals surface area contributed by atoms with Gasteiger partial charge in [0.05, 0.1) is 22.3 Å². The van der Waals surface area contributed by atoms with Gasteiger partial charge in [-0.15, -0.1) is 0 Å². The average molecular weight is 424 g/mol. The molecule has 0 aliphatic carbocycles. The predicted octanol–water partition coefficient (Wildman–Crippen LogP) is 4.29. The number of rotatable bonds is 5. The van der Waals surface area contributed by atoms with Crippen LogP contribution in [-0.4, -0.2) is 33.1 Å². The highest BCUT2D eigenvalue weighted by Gasteiger charge is 2.16. The van der Waals surface area contributed by atoms with E-state index in [0.29, 0.717) is 27.3 Å². The third kappa shape index (κ3) is 3.46. The first-order valence-electron chi connectivity index (χ1n) is 9.58. The molecule has 0 amide bonds. The second-order valence-corrected chi connectivity index (χ2v) is 7.25. The van der Waals surface area contributed by atoms with E-state index >= 15 is 0 Å². The molecule has 154 valence electrons. The minimum atomic E-state index is 0.0493. The third-order valence-corrected chi connectivity index (χ3v) is 5.22. The Kier molecular flexibility index (Phi) is 5.09. The summed E-state index contributed by atoms with van der Waals surface area (Å²) >= 11 is 6.17. The highest BCUT2D eigenvalue weighted by molar-refractivity contribution is 6.31. The van der Waals surface area contributed by atoms with Crippen LogP contribution in [0.15, 0.2) is 36.4 Å². The van der Waals surface area contributed by atoms with Crippen molar-refractivity contribution in [3.63, 3.8) is 0 Å². The number of pyridine rings is 1. The van der Waals surface area contributed by atoms with Crippen molar-refractivity contribution in [2.45, 2.75) is 13.8 Å². The molecule has 4 rings (SSSR count). The lowest BCUT2D eigenvalue weighted by atomic mass is 10.1. The van der Waals surface area contributed by atoms with Gasteiger partial charge in [0.15, 0.2) is 5.65 Å². The number of nitrogens with two attached hydrogens (primary N) is 2. The predicted molar refractivity (Wildman–Crippen MR) is 124 cm³/mol. The molecule has 0 unspecified atom stereocenters. The molecule has 0 aliphatic heterocycles. The van der Waals surface area contributed by atoms with E-state index in [9.17, 15) is 5.11 Å². The number of nitrogen functional groups attached to an aromatic ring is 2. The quantitative estimate of drug-likeness (QED) is 0.276. The summed E-state index contributed by atoms with van der Waals surface area (Å²) in [6.07, 6.45) is 0. The molecule has 6 N–H and O–H groups in total. The number of halogens is 1. The van der Waals surface area contributed by atoms with Gasteiger partial charge in [0.25, 0.3) is 0 Å². The molecule has 0 radical (unpaired) electrons. The average Bonchev–Trinajstić information content (AvgIpc) is 2.70. The normalized spacial score (nSPS) is 11.2. The van der Waals surface area contributed by atoms with E-state index < -0.39 is 0 Å². The number of fused-ring (bicyclic) bond motifs is 2. The summed E-state index contributed by atoms with van der Waals surface area (Å²) in [7, 11) is 0. The zero-order chi connectivity index (χ0) is 21.4. The Morgan fingerprint density at radius 1 is 1.03 bits per heavy atom. The largest absolute Gasteiger partial charge is 0.506 e. The van der Waals surface area contributed by atoms with Crippen molar-refractivity contribution in [3.05, 3.63) is 41.4 Å². The summed E-state index contributed by atoms with van der Waals surface area (Å²) in [5, 5.41) is 15.7. The van der Waals surface area contributed by atoms with Crippen LogP contribution in [0.5, 0.6) is 5.75 Å². The maximum atomic E-state index is 10.3. The summed E-state index contributed by atoms with van der Waals surface area (Å²) in [4.78, 5) is 15.0. The molecule has 0 saturated heterocycles. The number of hydrogen-bond acceptors (Lipinski definition) is 8. The Hall–Kier alpha value is -3.52. The minimum Gasteiger partial charge on any atom is -0.506 e. The van der Waals surface area contributed by atoms with Gasteiger partial charge in [0.2, 0.25) is 5.95 Å². The van der Waals surface area contributed by atoms with E-state index in [-0.39, 0.29) is 17.5 Å². The lowest BCUT2D eigenvalue weighted by Crippen LogP contribution is -2.21. The Morgan fingerprint density at radius 2 is 1.80 bits per heavy atom. The molecule has 0 atom stereocenters. The Balaban J connectivity index is 1.94. The van der Waals surface area contributed by atoms with Crippen molar-refractivity contribution in [1.29, 1.82) is 0 Å². The van der Waals surface area contributed by atoms with Gasteiger partial charge in [-0.1, -0.05) is 11.6 Å². The molecular formula is C21H22ClN7O. The van der Waals surface area contributed by atoms with E-state index in [1.165, 1.54) is 0 Å². The molecule has 4 aromatic rings. The number of benzene rings is 2. The molecular weight excluding hydrogens is 402 g/mol. The van der Waals surface area contributed by atoms with Crippen LogP contribution in [-0.2, 0) is 0 Å². The fourth-order valence-electron chi connectivity index (χ4n) is 3.55.